The molecule has 0 bridgehead atoms. The molecule has 0 aliphatic carbocycles. The van der Waals surface area contributed by atoms with Crippen molar-refractivity contribution in [2.75, 3.05) is 0 Å². The Morgan fingerprint density at radius 3 is 2.83 bits per heavy atom. The quantitative estimate of drug-likeness (QED) is 0.462. The van der Waals surface area contributed by atoms with Gasteiger partial charge in [0, 0.05) is 41.7 Å². The van der Waals surface area contributed by atoms with Gasteiger partial charge in [-0.3, -0.25) is 9.78 Å². The molecule has 0 aliphatic rings. The molecule has 1 aromatic carbocycles. The van der Waals surface area contributed by atoms with Gasteiger partial charge in [-0.1, -0.05) is 23.7 Å². The molecule has 0 atom stereocenters. The van der Waals surface area contributed by atoms with E-state index in [2.05, 4.69) is 20.3 Å². The largest absolute Gasteiger partial charge is 0.441 e. The molecule has 0 fully saturated rings. The van der Waals surface area contributed by atoms with Crippen molar-refractivity contribution < 1.29 is 9.21 Å². The van der Waals surface area contributed by atoms with Gasteiger partial charge < -0.3 is 9.73 Å². The minimum absolute atomic E-state index is 0.0804. The fourth-order valence-corrected chi connectivity index (χ4v) is 3.71. The summed E-state index contributed by atoms with van der Waals surface area (Å²) < 4.78 is 5.73. The van der Waals surface area contributed by atoms with Crippen LogP contribution in [0.2, 0.25) is 5.02 Å². The molecule has 1 N–H and O–H groups in total. The molecule has 0 aliphatic heterocycles. The van der Waals surface area contributed by atoms with Crippen molar-refractivity contribution in [1.29, 1.82) is 0 Å². The van der Waals surface area contributed by atoms with Crippen molar-refractivity contribution in [1.82, 2.24) is 20.3 Å². The molecule has 1 amide bonds. The lowest BCUT2D eigenvalue weighted by molar-refractivity contribution is -0.121. The highest BCUT2D eigenvalue weighted by molar-refractivity contribution is 7.09. The Hall–Kier alpha value is -3.03. The van der Waals surface area contributed by atoms with Crippen LogP contribution in [-0.4, -0.2) is 20.9 Å². The predicted molar refractivity (Wildman–Crippen MR) is 112 cm³/mol. The van der Waals surface area contributed by atoms with E-state index in [0.717, 1.165) is 21.8 Å². The first-order chi connectivity index (χ1) is 14.2. The van der Waals surface area contributed by atoms with Crippen LogP contribution in [0.15, 0.2) is 64.8 Å². The lowest BCUT2D eigenvalue weighted by Gasteiger charge is -2.02. The number of nitrogens with zero attached hydrogens (tertiary/aromatic N) is 3. The first kappa shape index (κ1) is 19.3. The maximum atomic E-state index is 12.2. The number of aromatic nitrogens is 3. The smallest absolute Gasteiger partial charge is 0.220 e. The Morgan fingerprint density at radius 1 is 1.17 bits per heavy atom. The second-order valence-corrected chi connectivity index (χ2v) is 7.59. The number of hydrogen-bond acceptors (Lipinski definition) is 6. The minimum atomic E-state index is -0.0804. The average molecular weight is 425 g/mol. The topological polar surface area (TPSA) is 80.9 Å². The van der Waals surface area contributed by atoms with Gasteiger partial charge in [0.1, 0.15) is 5.01 Å². The van der Waals surface area contributed by atoms with Gasteiger partial charge in [-0.15, -0.1) is 11.3 Å². The van der Waals surface area contributed by atoms with Crippen LogP contribution in [0.4, 0.5) is 0 Å². The number of benzene rings is 1. The lowest BCUT2D eigenvalue weighted by atomic mass is 10.2. The molecule has 0 saturated heterocycles. The number of rotatable bonds is 7. The van der Waals surface area contributed by atoms with Crippen LogP contribution in [0.1, 0.15) is 17.3 Å². The van der Waals surface area contributed by atoms with E-state index in [1.54, 1.807) is 24.7 Å². The van der Waals surface area contributed by atoms with Crippen molar-refractivity contribution in [2.45, 2.75) is 19.4 Å². The number of pyridine rings is 1. The van der Waals surface area contributed by atoms with Gasteiger partial charge in [0.25, 0.3) is 0 Å². The third-order valence-electron chi connectivity index (χ3n) is 4.22. The number of thiazole rings is 1. The number of nitrogens with one attached hydrogen (secondary N) is 1. The molecule has 6 nitrogen and oxygen atoms in total. The average Bonchev–Trinajstić information content (AvgIpc) is 3.41. The summed E-state index contributed by atoms with van der Waals surface area (Å²) in [6, 6.07) is 11.2. The molecule has 0 spiro atoms. The first-order valence-corrected chi connectivity index (χ1v) is 10.3. The van der Waals surface area contributed by atoms with Crippen LogP contribution in [0, 0.1) is 0 Å². The standard InChI is InChI=1S/C21H17ClN4O2S/c22-16-4-2-1-3-15(16)18-11-25-20(28-18)6-5-19(27)24-12-21-26-17(13-29-21)14-7-9-23-10-8-14/h1-4,7-11,13H,5-6,12H2,(H,24,27). The summed E-state index contributed by atoms with van der Waals surface area (Å²) in [5, 5.41) is 6.31. The summed E-state index contributed by atoms with van der Waals surface area (Å²) in [4.78, 5) is 25.0. The fraction of sp³-hybridized carbons (Fsp3) is 0.143. The van der Waals surface area contributed by atoms with Gasteiger partial charge in [0.05, 0.1) is 23.5 Å². The van der Waals surface area contributed by atoms with Crippen molar-refractivity contribution in [2.24, 2.45) is 0 Å². The van der Waals surface area contributed by atoms with Gasteiger partial charge in [0.15, 0.2) is 11.7 Å². The molecular weight excluding hydrogens is 408 g/mol. The molecule has 0 saturated carbocycles. The molecule has 4 aromatic rings. The molecule has 4 rings (SSSR count). The highest BCUT2D eigenvalue weighted by Gasteiger charge is 2.12. The highest BCUT2D eigenvalue weighted by Crippen LogP contribution is 2.28. The Kier molecular flexibility index (Phi) is 5.97. The number of amides is 1. The van der Waals surface area contributed by atoms with E-state index >= 15 is 0 Å². The summed E-state index contributed by atoms with van der Waals surface area (Å²) >= 11 is 7.69. The number of oxazole rings is 1. The van der Waals surface area contributed by atoms with Crippen molar-refractivity contribution in [3.05, 3.63) is 76.3 Å². The number of halogens is 1. The third-order valence-corrected chi connectivity index (χ3v) is 5.40. The molecule has 0 radical (unpaired) electrons. The number of carbonyl (C=O) groups is 1. The molecule has 146 valence electrons. The zero-order chi connectivity index (χ0) is 20.1. The third kappa shape index (κ3) is 4.88. The van der Waals surface area contributed by atoms with E-state index < -0.39 is 0 Å². The monoisotopic (exact) mass is 424 g/mol. The molecule has 8 heteroatoms. The lowest BCUT2D eigenvalue weighted by Crippen LogP contribution is -2.22. The second kappa shape index (κ2) is 8.98. The maximum absolute atomic E-state index is 12.2. The van der Waals surface area contributed by atoms with E-state index in [1.807, 2.05) is 35.7 Å². The number of hydrogen-bond donors (Lipinski definition) is 1. The van der Waals surface area contributed by atoms with Crippen LogP contribution in [-0.2, 0) is 17.8 Å². The first-order valence-electron chi connectivity index (χ1n) is 9.00. The van der Waals surface area contributed by atoms with E-state index in [9.17, 15) is 4.79 Å². The van der Waals surface area contributed by atoms with E-state index in [4.69, 9.17) is 16.0 Å². The van der Waals surface area contributed by atoms with E-state index in [1.165, 1.54) is 11.3 Å². The Bertz CT molecular complexity index is 1110. The molecule has 3 aromatic heterocycles. The summed E-state index contributed by atoms with van der Waals surface area (Å²) in [6.07, 6.45) is 5.79. The SMILES string of the molecule is O=C(CCc1ncc(-c2ccccc2Cl)o1)NCc1nc(-c2ccncc2)cs1. The summed E-state index contributed by atoms with van der Waals surface area (Å²) in [6.45, 7) is 0.394. The zero-order valence-electron chi connectivity index (χ0n) is 15.3. The van der Waals surface area contributed by atoms with Crippen molar-refractivity contribution >= 4 is 28.8 Å². The van der Waals surface area contributed by atoms with Gasteiger partial charge in [-0.25, -0.2) is 9.97 Å². The number of carbonyl (C=O) groups excluding carboxylic acids is 1. The molecular formula is C21H17ClN4O2S. The molecule has 3 heterocycles. The van der Waals surface area contributed by atoms with Crippen LogP contribution in [0.5, 0.6) is 0 Å². The summed E-state index contributed by atoms with van der Waals surface area (Å²) in [5.41, 5.74) is 2.67. The van der Waals surface area contributed by atoms with Crippen LogP contribution in [0.3, 0.4) is 0 Å². The predicted octanol–water partition coefficient (Wildman–Crippen LogP) is 4.76. The number of aryl methyl sites for hydroxylation is 1. The zero-order valence-corrected chi connectivity index (χ0v) is 16.9. The van der Waals surface area contributed by atoms with Crippen LogP contribution >= 0.6 is 22.9 Å². The Balaban J connectivity index is 1.28. The van der Waals surface area contributed by atoms with E-state index in [0.29, 0.717) is 29.6 Å². The van der Waals surface area contributed by atoms with Gasteiger partial charge in [-0.05, 0) is 24.3 Å². The minimum Gasteiger partial charge on any atom is -0.441 e. The summed E-state index contributed by atoms with van der Waals surface area (Å²) in [5.74, 6) is 1.02. The fourth-order valence-electron chi connectivity index (χ4n) is 2.74. The van der Waals surface area contributed by atoms with Gasteiger partial charge in [0.2, 0.25) is 5.91 Å². The second-order valence-electron chi connectivity index (χ2n) is 6.24. The van der Waals surface area contributed by atoms with Crippen LogP contribution < -0.4 is 5.32 Å². The van der Waals surface area contributed by atoms with Gasteiger partial charge in [-0.2, -0.15) is 0 Å². The maximum Gasteiger partial charge on any atom is 0.220 e. The Labute approximate surface area is 176 Å². The van der Waals surface area contributed by atoms with Crippen LogP contribution in [0.25, 0.3) is 22.6 Å². The van der Waals surface area contributed by atoms with Crippen molar-refractivity contribution in [3.63, 3.8) is 0 Å². The highest BCUT2D eigenvalue weighted by atomic mass is 35.5. The van der Waals surface area contributed by atoms with Crippen molar-refractivity contribution in [3.8, 4) is 22.6 Å². The van der Waals surface area contributed by atoms with Gasteiger partial charge >= 0.3 is 0 Å². The Morgan fingerprint density at radius 2 is 2.00 bits per heavy atom. The normalized spacial score (nSPS) is 10.8. The molecule has 29 heavy (non-hydrogen) atoms. The molecule has 0 unspecified atom stereocenters. The van der Waals surface area contributed by atoms with E-state index in [-0.39, 0.29) is 12.3 Å². The summed E-state index contributed by atoms with van der Waals surface area (Å²) in [7, 11) is 0.